The van der Waals surface area contributed by atoms with Gasteiger partial charge < -0.3 is 9.73 Å². The third kappa shape index (κ3) is 4.93. The van der Waals surface area contributed by atoms with Crippen LogP contribution in [0.2, 0.25) is 0 Å². The van der Waals surface area contributed by atoms with Crippen molar-refractivity contribution in [3.8, 4) is 0 Å². The second kappa shape index (κ2) is 7.18. The number of amides is 1. The van der Waals surface area contributed by atoms with Gasteiger partial charge in [0.05, 0.1) is 6.54 Å². The van der Waals surface area contributed by atoms with Crippen molar-refractivity contribution < 1.29 is 9.21 Å². The van der Waals surface area contributed by atoms with E-state index in [-0.39, 0.29) is 17.1 Å². The highest BCUT2D eigenvalue weighted by atomic mass is 16.4. The smallest absolute Gasteiger partial charge is 0.336 e. The average Bonchev–Trinajstić information content (AvgIpc) is 2.43. The van der Waals surface area contributed by atoms with E-state index in [1.807, 2.05) is 57.7 Å². The number of hydrogen-bond donors (Lipinski definition) is 1. The molecule has 0 saturated heterocycles. The highest BCUT2D eigenvalue weighted by Crippen LogP contribution is 2.19. The molecule has 0 aliphatic heterocycles. The van der Waals surface area contributed by atoms with Gasteiger partial charge in [-0.15, -0.1) is 0 Å². The van der Waals surface area contributed by atoms with Crippen LogP contribution in [0, 0.1) is 6.92 Å². The van der Waals surface area contributed by atoms with Crippen molar-refractivity contribution in [2.24, 2.45) is 0 Å². The Labute approximate surface area is 142 Å². The summed E-state index contributed by atoms with van der Waals surface area (Å²) in [7, 11) is 0. The molecule has 0 radical (unpaired) electrons. The van der Waals surface area contributed by atoms with Crippen LogP contribution in [0.4, 0.5) is 0 Å². The van der Waals surface area contributed by atoms with Crippen molar-refractivity contribution in [2.45, 2.75) is 46.7 Å². The predicted octanol–water partition coefficient (Wildman–Crippen LogP) is 2.84. The van der Waals surface area contributed by atoms with Gasteiger partial charge >= 0.3 is 5.63 Å². The van der Waals surface area contributed by atoms with Gasteiger partial charge in [0.15, 0.2) is 0 Å². The molecule has 0 unspecified atom stereocenters. The van der Waals surface area contributed by atoms with Gasteiger partial charge in [0.2, 0.25) is 5.91 Å². The van der Waals surface area contributed by atoms with Crippen LogP contribution in [0.3, 0.4) is 0 Å². The number of likely N-dealkylation sites (N-methyl/N-ethyl adjacent to an activating group) is 1. The van der Waals surface area contributed by atoms with Gasteiger partial charge in [0.25, 0.3) is 0 Å². The number of hydrogen-bond acceptors (Lipinski definition) is 4. The first kappa shape index (κ1) is 18.2. The summed E-state index contributed by atoms with van der Waals surface area (Å²) in [6.07, 6.45) is 0. The van der Waals surface area contributed by atoms with Crippen molar-refractivity contribution >= 4 is 16.9 Å². The lowest BCUT2D eigenvalue weighted by Gasteiger charge is -2.25. The van der Waals surface area contributed by atoms with Crippen LogP contribution in [0.1, 0.15) is 38.8 Å². The fourth-order valence-electron chi connectivity index (χ4n) is 2.65. The Morgan fingerprint density at radius 2 is 1.96 bits per heavy atom. The highest BCUT2D eigenvalue weighted by Gasteiger charge is 2.17. The Morgan fingerprint density at radius 1 is 1.25 bits per heavy atom. The summed E-state index contributed by atoms with van der Waals surface area (Å²) in [5.74, 6) is -0.0209. The molecule has 0 spiro atoms. The Balaban J connectivity index is 2.23. The highest BCUT2D eigenvalue weighted by molar-refractivity contribution is 5.81. The van der Waals surface area contributed by atoms with Crippen LogP contribution in [0.15, 0.2) is 33.5 Å². The second-order valence-corrected chi connectivity index (χ2v) is 7.19. The van der Waals surface area contributed by atoms with Crippen molar-refractivity contribution in [2.75, 3.05) is 13.1 Å². The van der Waals surface area contributed by atoms with Crippen molar-refractivity contribution in [1.82, 2.24) is 10.2 Å². The first-order valence-corrected chi connectivity index (χ1v) is 8.24. The van der Waals surface area contributed by atoms with Gasteiger partial charge in [-0.3, -0.25) is 9.69 Å². The monoisotopic (exact) mass is 330 g/mol. The molecule has 1 N–H and O–H groups in total. The van der Waals surface area contributed by atoms with Crippen LogP contribution in [-0.2, 0) is 11.3 Å². The Hall–Kier alpha value is -2.14. The summed E-state index contributed by atoms with van der Waals surface area (Å²) < 4.78 is 5.29. The van der Waals surface area contributed by atoms with Gasteiger partial charge in [0, 0.05) is 23.5 Å². The largest absolute Gasteiger partial charge is 0.423 e. The Bertz CT molecular complexity index is 787. The van der Waals surface area contributed by atoms with Crippen LogP contribution in [-0.4, -0.2) is 29.4 Å². The standard InChI is InChI=1S/C19H26N2O3/c1-6-21(12-17(22)20-19(3,4)5)11-14-10-18(23)24-16-9-13(2)7-8-15(14)16/h7-10H,6,11-12H2,1-5H3,(H,20,22). The molecule has 2 rings (SSSR count). The van der Waals surface area contributed by atoms with E-state index in [9.17, 15) is 9.59 Å². The molecule has 5 nitrogen and oxygen atoms in total. The van der Waals surface area contributed by atoms with Crippen LogP contribution < -0.4 is 10.9 Å². The molecule has 5 heteroatoms. The third-order valence-corrected chi connectivity index (χ3v) is 3.71. The van der Waals surface area contributed by atoms with Crippen LogP contribution >= 0.6 is 0 Å². The number of nitrogens with one attached hydrogen (secondary N) is 1. The van der Waals surface area contributed by atoms with Gasteiger partial charge in [-0.2, -0.15) is 0 Å². The van der Waals surface area contributed by atoms with E-state index < -0.39 is 0 Å². The topological polar surface area (TPSA) is 62.6 Å². The summed E-state index contributed by atoms with van der Waals surface area (Å²) in [4.78, 5) is 26.0. The maximum Gasteiger partial charge on any atom is 0.336 e. The summed E-state index contributed by atoms with van der Waals surface area (Å²) in [5.41, 5.74) is 1.89. The summed E-state index contributed by atoms with van der Waals surface area (Å²) in [6.45, 7) is 11.4. The molecule has 130 valence electrons. The molecule has 0 fully saturated rings. The number of aryl methyl sites for hydroxylation is 1. The van der Waals surface area contributed by atoms with Crippen LogP contribution in [0.25, 0.3) is 11.0 Å². The molecule has 1 aromatic carbocycles. The number of nitrogens with zero attached hydrogens (tertiary/aromatic N) is 1. The molecule has 1 heterocycles. The zero-order chi connectivity index (χ0) is 17.9. The normalized spacial score (nSPS) is 11.9. The molecule has 0 saturated carbocycles. The zero-order valence-corrected chi connectivity index (χ0v) is 15.1. The van der Waals surface area contributed by atoms with Gasteiger partial charge in [-0.1, -0.05) is 19.1 Å². The maximum absolute atomic E-state index is 12.2. The van der Waals surface area contributed by atoms with Crippen molar-refractivity contribution in [3.63, 3.8) is 0 Å². The molecule has 0 aliphatic rings. The van der Waals surface area contributed by atoms with E-state index in [2.05, 4.69) is 5.32 Å². The minimum Gasteiger partial charge on any atom is -0.423 e. The molecule has 1 amide bonds. The Morgan fingerprint density at radius 3 is 2.58 bits per heavy atom. The number of carbonyl (C=O) groups excluding carboxylic acids is 1. The van der Waals surface area contributed by atoms with Crippen molar-refractivity contribution in [1.29, 1.82) is 0 Å². The number of rotatable bonds is 5. The number of benzene rings is 1. The SMILES string of the molecule is CCN(CC(=O)NC(C)(C)C)Cc1cc(=O)oc2cc(C)ccc12. The predicted molar refractivity (Wildman–Crippen MR) is 96.1 cm³/mol. The molecular formula is C19H26N2O3. The molecular weight excluding hydrogens is 304 g/mol. The van der Waals surface area contributed by atoms with Crippen LogP contribution in [0.5, 0.6) is 0 Å². The van der Waals surface area contributed by atoms with E-state index >= 15 is 0 Å². The second-order valence-electron chi connectivity index (χ2n) is 7.19. The van der Waals surface area contributed by atoms with Gasteiger partial charge in [-0.05, 0) is 51.4 Å². The minimum atomic E-state index is -0.363. The molecule has 0 bridgehead atoms. The molecule has 24 heavy (non-hydrogen) atoms. The lowest BCUT2D eigenvalue weighted by atomic mass is 10.1. The summed E-state index contributed by atoms with van der Waals surface area (Å²) in [6, 6.07) is 7.34. The van der Waals surface area contributed by atoms with E-state index in [1.54, 1.807) is 0 Å². The van der Waals surface area contributed by atoms with Gasteiger partial charge in [0.1, 0.15) is 5.58 Å². The summed E-state index contributed by atoms with van der Waals surface area (Å²) >= 11 is 0. The molecule has 2 aromatic rings. The molecule has 1 aromatic heterocycles. The van der Waals surface area contributed by atoms with Gasteiger partial charge in [-0.25, -0.2) is 4.79 Å². The first-order chi connectivity index (χ1) is 11.2. The number of carbonyl (C=O) groups is 1. The van der Waals surface area contributed by atoms with Crippen molar-refractivity contribution in [3.05, 3.63) is 45.8 Å². The Kier molecular flexibility index (Phi) is 5.44. The average molecular weight is 330 g/mol. The molecule has 0 aliphatic carbocycles. The van der Waals surface area contributed by atoms with E-state index in [4.69, 9.17) is 4.42 Å². The van der Waals surface area contributed by atoms with E-state index in [0.29, 0.717) is 25.2 Å². The van der Waals surface area contributed by atoms with E-state index in [1.165, 1.54) is 6.07 Å². The summed E-state index contributed by atoms with van der Waals surface area (Å²) in [5, 5.41) is 3.88. The quantitative estimate of drug-likeness (QED) is 0.856. The molecule has 0 atom stereocenters. The first-order valence-electron chi connectivity index (χ1n) is 8.24. The lowest BCUT2D eigenvalue weighted by molar-refractivity contribution is -0.123. The van der Waals surface area contributed by atoms with E-state index in [0.717, 1.165) is 16.5 Å². The fraction of sp³-hybridized carbons (Fsp3) is 0.474. The maximum atomic E-state index is 12.2. The minimum absolute atomic E-state index is 0.0209. The lowest BCUT2D eigenvalue weighted by Crippen LogP contribution is -2.45. The third-order valence-electron chi connectivity index (χ3n) is 3.71. The number of fused-ring (bicyclic) bond motifs is 1. The zero-order valence-electron chi connectivity index (χ0n) is 15.1. The fourth-order valence-corrected chi connectivity index (χ4v) is 2.65.